The molecule has 7 nitrogen and oxygen atoms in total. The lowest BCUT2D eigenvalue weighted by Crippen LogP contribution is -2.36. The van der Waals surface area contributed by atoms with E-state index in [0.29, 0.717) is 15.9 Å². The molecule has 3 rings (SSSR count). The highest BCUT2D eigenvalue weighted by Gasteiger charge is 2.34. The Balaban J connectivity index is 1.90. The Labute approximate surface area is 165 Å². The number of benzene rings is 1. The number of aromatic amines is 1. The molecular formula is C18H19ClN4O3S. The van der Waals surface area contributed by atoms with Crippen LogP contribution in [0.2, 0.25) is 5.02 Å². The molecule has 0 saturated heterocycles. The fourth-order valence-electron chi connectivity index (χ4n) is 2.74. The number of nitrogens with zero attached hydrogens (tertiary/aromatic N) is 1. The van der Waals surface area contributed by atoms with E-state index in [1.807, 2.05) is 13.8 Å². The van der Waals surface area contributed by atoms with E-state index < -0.39 is 17.4 Å². The Morgan fingerprint density at radius 1 is 1.41 bits per heavy atom. The van der Waals surface area contributed by atoms with Gasteiger partial charge in [0, 0.05) is 22.9 Å². The third kappa shape index (κ3) is 4.33. The summed E-state index contributed by atoms with van der Waals surface area (Å²) in [5.41, 5.74) is 1.14. The van der Waals surface area contributed by atoms with Gasteiger partial charge >= 0.3 is 0 Å². The molecule has 142 valence electrons. The number of nitrogens with one attached hydrogen (secondary N) is 3. The van der Waals surface area contributed by atoms with Gasteiger partial charge in [-0.05, 0) is 31.0 Å². The highest BCUT2D eigenvalue weighted by Crippen LogP contribution is 2.31. The van der Waals surface area contributed by atoms with Crippen molar-refractivity contribution in [2.24, 2.45) is 0 Å². The molecule has 0 aliphatic carbocycles. The third-order valence-corrected chi connectivity index (χ3v) is 5.61. The Morgan fingerprint density at radius 2 is 2.19 bits per heavy atom. The summed E-state index contributed by atoms with van der Waals surface area (Å²) in [6.07, 6.45) is 0.798. The Hall–Kier alpha value is -2.32. The van der Waals surface area contributed by atoms with Crippen molar-refractivity contribution in [2.75, 3.05) is 16.4 Å². The molecule has 0 radical (unpaired) electrons. The van der Waals surface area contributed by atoms with Crippen molar-refractivity contribution >= 4 is 46.7 Å². The summed E-state index contributed by atoms with van der Waals surface area (Å²) in [5, 5.41) is 6.27. The first-order valence-electron chi connectivity index (χ1n) is 8.53. The molecule has 1 aliphatic heterocycles. The largest absolute Gasteiger partial charge is 0.325 e. The Morgan fingerprint density at radius 3 is 2.89 bits per heavy atom. The van der Waals surface area contributed by atoms with Crippen LogP contribution in [0.1, 0.15) is 36.8 Å². The molecule has 1 aromatic heterocycles. The molecule has 0 saturated carbocycles. The van der Waals surface area contributed by atoms with Crippen LogP contribution in [0.3, 0.4) is 0 Å². The van der Waals surface area contributed by atoms with Crippen LogP contribution in [0.5, 0.6) is 0 Å². The molecular weight excluding hydrogens is 388 g/mol. The van der Waals surface area contributed by atoms with Crippen LogP contribution in [-0.4, -0.2) is 27.5 Å². The van der Waals surface area contributed by atoms with Crippen LogP contribution in [0.15, 0.2) is 28.2 Å². The summed E-state index contributed by atoms with van der Waals surface area (Å²) < 4.78 is 0. The molecule has 0 fully saturated rings. The SMILES string of the molecule is CCCSc1nc2c(c(=O)[nH]1)[C@H](C(=O)Nc1ccc(C)c(Cl)c1)CC(=O)N2. The second-order valence-electron chi connectivity index (χ2n) is 6.24. The summed E-state index contributed by atoms with van der Waals surface area (Å²) >= 11 is 7.48. The predicted molar refractivity (Wildman–Crippen MR) is 107 cm³/mol. The quantitative estimate of drug-likeness (QED) is 0.522. The van der Waals surface area contributed by atoms with Gasteiger partial charge in [-0.2, -0.15) is 0 Å². The minimum atomic E-state index is -0.921. The number of hydrogen-bond donors (Lipinski definition) is 3. The van der Waals surface area contributed by atoms with Crippen molar-refractivity contribution in [3.05, 3.63) is 44.7 Å². The normalized spacial score (nSPS) is 15.8. The minimum Gasteiger partial charge on any atom is -0.325 e. The monoisotopic (exact) mass is 406 g/mol. The first kappa shape index (κ1) is 19.4. The summed E-state index contributed by atoms with van der Waals surface area (Å²) in [4.78, 5) is 44.4. The summed E-state index contributed by atoms with van der Waals surface area (Å²) in [5.74, 6) is -0.791. The molecule has 2 heterocycles. The van der Waals surface area contributed by atoms with Crippen molar-refractivity contribution in [3.63, 3.8) is 0 Å². The number of carbonyl (C=O) groups is 2. The number of carbonyl (C=O) groups excluding carboxylic acids is 2. The summed E-state index contributed by atoms with van der Waals surface area (Å²) in [6, 6.07) is 5.13. The molecule has 0 unspecified atom stereocenters. The standard InChI is InChI=1S/C18H19ClN4O3S/c1-3-6-27-18-22-15-14(17(26)23-18)11(8-13(24)21-15)16(25)20-10-5-4-9(2)12(19)7-10/h4-5,7,11H,3,6,8H2,1-2H3,(H,20,25)(H2,21,22,23,24,26)/t11-/m1/s1. The topological polar surface area (TPSA) is 104 Å². The number of fused-ring (bicyclic) bond motifs is 1. The zero-order valence-corrected chi connectivity index (χ0v) is 16.5. The van der Waals surface area contributed by atoms with Crippen LogP contribution in [0.25, 0.3) is 0 Å². The van der Waals surface area contributed by atoms with Gasteiger partial charge < -0.3 is 15.6 Å². The van der Waals surface area contributed by atoms with Crippen LogP contribution in [0.4, 0.5) is 11.5 Å². The van der Waals surface area contributed by atoms with Crippen LogP contribution < -0.4 is 16.2 Å². The van der Waals surface area contributed by atoms with Gasteiger partial charge in [0.25, 0.3) is 5.56 Å². The Kier molecular flexibility index (Phi) is 5.86. The van der Waals surface area contributed by atoms with Crippen LogP contribution in [0, 0.1) is 6.92 Å². The first-order valence-corrected chi connectivity index (χ1v) is 9.89. The lowest BCUT2D eigenvalue weighted by Gasteiger charge is -2.23. The summed E-state index contributed by atoms with van der Waals surface area (Å²) in [6.45, 7) is 3.87. The number of hydrogen-bond acceptors (Lipinski definition) is 5. The lowest BCUT2D eigenvalue weighted by atomic mass is 9.92. The second-order valence-corrected chi connectivity index (χ2v) is 7.73. The predicted octanol–water partition coefficient (Wildman–Crippen LogP) is 3.30. The van der Waals surface area contributed by atoms with Crippen molar-refractivity contribution in [1.29, 1.82) is 0 Å². The zero-order valence-electron chi connectivity index (χ0n) is 14.9. The van der Waals surface area contributed by atoms with E-state index in [9.17, 15) is 14.4 Å². The van der Waals surface area contributed by atoms with Crippen LogP contribution >= 0.6 is 23.4 Å². The molecule has 27 heavy (non-hydrogen) atoms. The average Bonchev–Trinajstić information content (AvgIpc) is 2.62. The number of thioether (sulfide) groups is 1. The van der Waals surface area contributed by atoms with Gasteiger partial charge in [-0.25, -0.2) is 4.98 Å². The number of aryl methyl sites for hydroxylation is 1. The van der Waals surface area contributed by atoms with Gasteiger partial charge in [0.1, 0.15) is 5.82 Å². The molecule has 0 spiro atoms. The molecule has 2 aromatic rings. The zero-order chi connectivity index (χ0) is 19.6. The highest BCUT2D eigenvalue weighted by molar-refractivity contribution is 7.99. The fourth-order valence-corrected chi connectivity index (χ4v) is 3.64. The number of aromatic nitrogens is 2. The summed E-state index contributed by atoms with van der Waals surface area (Å²) in [7, 11) is 0. The molecule has 0 bridgehead atoms. The van der Waals surface area contributed by atoms with Gasteiger partial charge in [0.2, 0.25) is 11.8 Å². The van der Waals surface area contributed by atoms with Crippen molar-refractivity contribution in [3.8, 4) is 0 Å². The molecule has 1 aliphatic rings. The van der Waals surface area contributed by atoms with Gasteiger partial charge in [-0.15, -0.1) is 0 Å². The van der Waals surface area contributed by atoms with E-state index in [4.69, 9.17) is 11.6 Å². The number of H-pyrrole nitrogens is 1. The van der Waals surface area contributed by atoms with Crippen molar-refractivity contribution in [1.82, 2.24) is 9.97 Å². The lowest BCUT2D eigenvalue weighted by molar-refractivity contribution is -0.123. The third-order valence-electron chi connectivity index (χ3n) is 4.13. The van der Waals surface area contributed by atoms with Gasteiger partial charge in [-0.1, -0.05) is 36.4 Å². The van der Waals surface area contributed by atoms with Gasteiger partial charge in [-0.3, -0.25) is 14.4 Å². The Bertz CT molecular complexity index is 960. The fraction of sp³-hybridized carbons (Fsp3) is 0.333. The molecule has 1 atom stereocenters. The second kappa shape index (κ2) is 8.14. The first-order chi connectivity index (χ1) is 12.9. The van der Waals surface area contributed by atoms with Crippen molar-refractivity contribution in [2.45, 2.75) is 37.8 Å². The van der Waals surface area contributed by atoms with Gasteiger partial charge in [0.05, 0.1) is 11.5 Å². The number of halogens is 1. The highest BCUT2D eigenvalue weighted by atomic mass is 35.5. The molecule has 3 N–H and O–H groups in total. The number of amides is 2. The van der Waals surface area contributed by atoms with Crippen LogP contribution in [-0.2, 0) is 9.59 Å². The maximum atomic E-state index is 12.8. The number of rotatable bonds is 5. The molecule has 9 heteroatoms. The molecule has 1 aromatic carbocycles. The van der Waals surface area contributed by atoms with Crippen molar-refractivity contribution < 1.29 is 9.59 Å². The van der Waals surface area contributed by atoms with E-state index in [0.717, 1.165) is 17.7 Å². The molecule has 2 amide bonds. The number of anilines is 2. The van der Waals surface area contributed by atoms with E-state index in [1.165, 1.54) is 11.8 Å². The smallest absolute Gasteiger partial charge is 0.257 e. The van der Waals surface area contributed by atoms with E-state index in [-0.39, 0.29) is 23.7 Å². The van der Waals surface area contributed by atoms with Gasteiger partial charge in [0.15, 0.2) is 5.16 Å². The maximum Gasteiger partial charge on any atom is 0.257 e. The average molecular weight is 407 g/mol. The van der Waals surface area contributed by atoms with E-state index >= 15 is 0 Å². The van der Waals surface area contributed by atoms with E-state index in [2.05, 4.69) is 20.6 Å². The maximum absolute atomic E-state index is 12.8. The van der Waals surface area contributed by atoms with E-state index in [1.54, 1.807) is 18.2 Å². The minimum absolute atomic E-state index is 0.120.